The van der Waals surface area contributed by atoms with Crippen LogP contribution in [0, 0.1) is 6.92 Å². The number of aryl methyl sites for hydroxylation is 1. The summed E-state index contributed by atoms with van der Waals surface area (Å²) in [6, 6.07) is 9.24. The zero-order chi connectivity index (χ0) is 20.6. The Bertz CT molecular complexity index is 1020. The van der Waals surface area contributed by atoms with Crippen molar-refractivity contribution in [1.82, 2.24) is 19.9 Å². The average molecular weight is 400 g/mol. The number of nitrogens with zero attached hydrogens (tertiary/aromatic N) is 4. The molecule has 152 valence electrons. The number of halogens is 3. The summed E-state index contributed by atoms with van der Waals surface area (Å²) in [6.07, 6.45) is 0.761. The van der Waals surface area contributed by atoms with Crippen molar-refractivity contribution in [3.63, 3.8) is 0 Å². The number of rotatable bonds is 3. The summed E-state index contributed by atoms with van der Waals surface area (Å²) in [5, 5.41) is 0. The van der Waals surface area contributed by atoms with E-state index in [1.807, 2.05) is 6.07 Å². The van der Waals surface area contributed by atoms with Crippen LogP contribution in [-0.4, -0.2) is 32.9 Å². The maximum atomic E-state index is 13.2. The number of piperidine rings is 1. The van der Waals surface area contributed by atoms with E-state index in [1.165, 1.54) is 6.07 Å². The number of fused-ring (bicyclic) bond motifs is 1. The molecule has 7 heteroatoms. The molecule has 3 aromatic rings. The summed E-state index contributed by atoms with van der Waals surface area (Å²) in [5.74, 6) is 0.0641. The minimum absolute atomic E-state index is 0.0641. The van der Waals surface area contributed by atoms with Crippen LogP contribution in [0.3, 0.4) is 0 Å². The van der Waals surface area contributed by atoms with E-state index in [1.54, 1.807) is 25.4 Å². The van der Waals surface area contributed by atoms with Crippen molar-refractivity contribution in [3.8, 4) is 0 Å². The topological polar surface area (TPSA) is 41.9 Å². The largest absolute Gasteiger partial charge is 0.433 e. The van der Waals surface area contributed by atoms with Crippen LogP contribution in [0.1, 0.15) is 54.2 Å². The average Bonchev–Trinajstić information content (AvgIpc) is 2.72. The summed E-state index contributed by atoms with van der Waals surface area (Å²) in [5.41, 5.74) is 3.18. The van der Waals surface area contributed by atoms with Crippen LogP contribution in [0.4, 0.5) is 13.2 Å². The SMILES string of the molecule is Cc1cc(C2CCCN(C(C)c3ccc4nccnc4c3)C2)cc(C(F)(F)F)n1. The van der Waals surface area contributed by atoms with Gasteiger partial charge in [0.25, 0.3) is 0 Å². The van der Waals surface area contributed by atoms with Crippen LogP contribution >= 0.6 is 0 Å². The van der Waals surface area contributed by atoms with Gasteiger partial charge in [-0.15, -0.1) is 0 Å². The number of alkyl halides is 3. The second-order valence-electron chi connectivity index (χ2n) is 7.74. The molecule has 3 heterocycles. The van der Waals surface area contributed by atoms with Gasteiger partial charge in [-0.3, -0.25) is 14.9 Å². The summed E-state index contributed by atoms with van der Waals surface area (Å²) in [6.45, 7) is 5.41. The van der Waals surface area contributed by atoms with Gasteiger partial charge in [0.15, 0.2) is 0 Å². The van der Waals surface area contributed by atoms with Crippen molar-refractivity contribution in [2.24, 2.45) is 0 Å². The van der Waals surface area contributed by atoms with Gasteiger partial charge in [-0.25, -0.2) is 4.98 Å². The Hall–Kier alpha value is -2.54. The highest BCUT2D eigenvalue weighted by atomic mass is 19.4. The van der Waals surface area contributed by atoms with Gasteiger partial charge in [0.1, 0.15) is 5.69 Å². The first-order chi connectivity index (χ1) is 13.8. The lowest BCUT2D eigenvalue weighted by atomic mass is 9.89. The van der Waals surface area contributed by atoms with Gasteiger partial charge in [0.05, 0.1) is 11.0 Å². The number of likely N-dealkylation sites (tertiary alicyclic amines) is 1. The van der Waals surface area contributed by atoms with Gasteiger partial charge in [-0.2, -0.15) is 13.2 Å². The fourth-order valence-electron chi connectivity index (χ4n) is 4.16. The molecule has 29 heavy (non-hydrogen) atoms. The molecule has 1 aromatic carbocycles. The normalized spacial score (nSPS) is 19.4. The molecule has 4 rings (SSSR count). The van der Waals surface area contributed by atoms with Crippen LogP contribution in [0.2, 0.25) is 0 Å². The van der Waals surface area contributed by atoms with E-state index in [-0.39, 0.29) is 12.0 Å². The zero-order valence-corrected chi connectivity index (χ0v) is 16.4. The molecule has 0 aliphatic carbocycles. The van der Waals surface area contributed by atoms with E-state index in [0.717, 1.165) is 48.1 Å². The molecule has 0 spiro atoms. The van der Waals surface area contributed by atoms with Crippen LogP contribution in [-0.2, 0) is 6.18 Å². The highest BCUT2D eigenvalue weighted by Gasteiger charge is 2.34. The van der Waals surface area contributed by atoms with Crippen molar-refractivity contribution < 1.29 is 13.2 Å². The Balaban J connectivity index is 1.57. The molecule has 1 aliphatic heterocycles. The fraction of sp³-hybridized carbons (Fsp3) is 0.409. The lowest BCUT2D eigenvalue weighted by Crippen LogP contribution is -2.36. The highest BCUT2D eigenvalue weighted by Crippen LogP contribution is 2.35. The molecule has 0 amide bonds. The van der Waals surface area contributed by atoms with Gasteiger partial charge in [-0.05, 0) is 74.5 Å². The maximum absolute atomic E-state index is 13.2. The van der Waals surface area contributed by atoms with E-state index in [9.17, 15) is 13.2 Å². The molecule has 0 bridgehead atoms. The van der Waals surface area contributed by atoms with E-state index < -0.39 is 11.9 Å². The van der Waals surface area contributed by atoms with Gasteiger partial charge in [-0.1, -0.05) is 6.07 Å². The van der Waals surface area contributed by atoms with Gasteiger partial charge in [0, 0.05) is 30.7 Å². The summed E-state index contributed by atoms with van der Waals surface area (Å²) in [4.78, 5) is 14.7. The molecule has 0 saturated carbocycles. The van der Waals surface area contributed by atoms with Gasteiger partial charge in [0.2, 0.25) is 0 Å². The molecule has 2 aromatic heterocycles. The van der Waals surface area contributed by atoms with Gasteiger partial charge >= 0.3 is 6.18 Å². The number of benzene rings is 1. The molecule has 1 fully saturated rings. The van der Waals surface area contributed by atoms with Crippen LogP contribution in [0.25, 0.3) is 11.0 Å². The Kier molecular flexibility index (Phi) is 5.25. The molecule has 0 N–H and O–H groups in total. The van der Waals surface area contributed by atoms with Crippen molar-refractivity contribution in [2.45, 2.75) is 44.8 Å². The molecule has 2 atom stereocenters. The maximum Gasteiger partial charge on any atom is 0.433 e. The molecular weight excluding hydrogens is 377 g/mol. The Morgan fingerprint density at radius 2 is 1.83 bits per heavy atom. The minimum Gasteiger partial charge on any atom is -0.296 e. The number of pyridine rings is 1. The number of hydrogen-bond donors (Lipinski definition) is 0. The van der Waals surface area contributed by atoms with Crippen molar-refractivity contribution in [1.29, 1.82) is 0 Å². The van der Waals surface area contributed by atoms with Crippen LogP contribution < -0.4 is 0 Å². The number of hydrogen-bond acceptors (Lipinski definition) is 4. The third kappa shape index (κ3) is 4.24. The third-order valence-corrected chi connectivity index (χ3v) is 5.71. The monoisotopic (exact) mass is 400 g/mol. The molecule has 4 nitrogen and oxygen atoms in total. The highest BCUT2D eigenvalue weighted by molar-refractivity contribution is 5.74. The Morgan fingerprint density at radius 1 is 1.07 bits per heavy atom. The van der Waals surface area contributed by atoms with E-state index in [0.29, 0.717) is 5.69 Å². The standard InChI is InChI=1S/C22H23F3N4/c1-14-10-18(12-21(28-14)22(23,24)25)17-4-3-9-29(13-17)15(2)16-5-6-19-20(11-16)27-8-7-26-19/h5-8,10-12,15,17H,3-4,9,13H2,1-2H3. The summed E-state index contributed by atoms with van der Waals surface area (Å²) < 4.78 is 39.6. The molecular formula is C22H23F3N4. The lowest BCUT2D eigenvalue weighted by Gasteiger charge is -2.37. The molecule has 0 radical (unpaired) electrons. The minimum atomic E-state index is -4.42. The predicted molar refractivity (Wildman–Crippen MR) is 105 cm³/mol. The Labute approximate surface area is 167 Å². The van der Waals surface area contributed by atoms with Crippen LogP contribution in [0.15, 0.2) is 42.7 Å². The van der Waals surface area contributed by atoms with Crippen molar-refractivity contribution >= 4 is 11.0 Å². The van der Waals surface area contributed by atoms with Gasteiger partial charge < -0.3 is 0 Å². The first kappa shape index (κ1) is 19.8. The van der Waals surface area contributed by atoms with Crippen molar-refractivity contribution in [3.05, 3.63) is 65.2 Å². The first-order valence-corrected chi connectivity index (χ1v) is 9.82. The Morgan fingerprint density at radius 3 is 2.59 bits per heavy atom. The smallest absolute Gasteiger partial charge is 0.296 e. The summed E-state index contributed by atoms with van der Waals surface area (Å²) in [7, 11) is 0. The van der Waals surface area contributed by atoms with E-state index >= 15 is 0 Å². The van der Waals surface area contributed by atoms with Crippen LogP contribution in [0.5, 0.6) is 0 Å². The second-order valence-corrected chi connectivity index (χ2v) is 7.74. The molecule has 1 saturated heterocycles. The second kappa shape index (κ2) is 7.71. The zero-order valence-electron chi connectivity index (χ0n) is 16.4. The lowest BCUT2D eigenvalue weighted by molar-refractivity contribution is -0.141. The number of aromatic nitrogens is 3. The summed E-state index contributed by atoms with van der Waals surface area (Å²) >= 11 is 0. The molecule has 1 aliphatic rings. The van der Waals surface area contributed by atoms with Crippen molar-refractivity contribution in [2.75, 3.05) is 13.1 Å². The third-order valence-electron chi connectivity index (χ3n) is 5.71. The van der Waals surface area contributed by atoms with E-state index in [2.05, 4.69) is 38.9 Å². The van der Waals surface area contributed by atoms with E-state index in [4.69, 9.17) is 0 Å². The first-order valence-electron chi connectivity index (χ1n) is 9.82. The quantitative estimate of drug-likeness (QED) is 0.599. The fourth-order valence-corrected chi connectivity index (χ4v) is 4.16. The molecule has 2 unspecified atom stereocenters. The predicted octanol–water partition coefficient (Wildman–Crippen LogP) is 5.29.